The first-order valence-electron chi connectivity index (χ1n) is 6.90. The van der Waals surface area contributed by atoms with Crippen LogP contribution in [0.4, 0.5) is 5.82 Å². The molecule has 0 saturated heterocycles. The summed E-state index contributed by atoms with van der Waals surface area (Å²) < 4.78 is 5.40. The zero-order valence-electron chi connectivity index (χ0n) is 11.4. The molecule has 1 fully saturated rings. The third-order valence-electron chi connectivity index (χ3n) is 3.96. The summed E-state index contributed by atoms with van der Waals surface area (Å²) >= 11 is 0. The molecule has 0 unspecified atom stereocenters. The lowest BCUT2D eigenvalue weighted by atomic mass is 9.95. The second-order valence-corrected chi connectivity index (χ2v) is 5.34. The second kappa shape index (κ2) is 4.41. The van der Waals surface area contributed by atoms with E-state index in [2.05, 4.69) is 27.3 Å². The van der Waals surface area contributed by atoms with E-state index >= 15 is 0 Å². The molecule has 4 rings (SSSR count). The van der Waals surface area contributed by atoms with Crippen LogP contribution >= 0.6 is 0 Å². The van der Waals surface area contributed by atoms with E-state index in [1.54, 1.807) is 12.3 Å². The lowest BCUT2D eigenvalue weighted by Crippen LogP contribution is -2.10. The van der Waals surface area contributed by atoms with Crippen molar-refractivity contribution in [2.75, 3.05) is 5.73 Å². The maximum absolute atomic E-state index is 5.59. The Morgan fingerprint density at radius 1 is 1.05 bits per heavy atom. The summed E-state index contributed by atoms with van der Waals surface area (Å²) in [5.74, 6) is 1.71. The van der Waals surface area contributed by atoms with E-state index in [9.17, 15) is 0 Å². The lowest BCUT2D eigenvalue weighted by Gasteiger charge is -2.09. The zero-order valence-corrected chi connectivity index (χ0v) is 11.4. The van der Waals surface area contributed by atoms with E-state index < -0.39 is 0 Å². The number of nitrogen functional groups attached to an aromatic ring is 1. The maximum Gasteiger partial charge on any atom is 0.259 e. The number of hydrogen-bond donors (Lipinski definition) is 1. The van der Waals surface area contributed by atoms with Crippen LogP contribution in [0.3, 0.4) is 0 Å². The van der Waals surface area contributed by atoms with Crippen molar-refractivity contribution in [2.24, 2.45) is 0 Å². The molecule has 0 radical (unpaired) electrons. The van der Waals surface area contributed by atoms with Gasteiger partial charge < -0.3 is 10.3 Å². The number of benzene rings is 1. The molecule has 0 spiro atoms. The first-order chi connectivity index (χ1) is 10.3. The molecule has 5 nitrogen and oxygen atoms in total. The van der Waals surface area contributed by atoms with E-state index in [0.29, 0.717) is 11.7 Å². The Hall–Kier alpha value is -2.69. The van der Waals surface area contributed by atoms with Crippen molar-refractivity contribution in [1.29, 1.82) is 0 Å². The molecule has 104 valence electrons. The minimum Gasteiger partial charge on any atom is -0.384 e. The van der Waals surface area contributed by atoms with Crippen LogP contribution < -0.4 is 5.73 Å². The highest BCUT2D eigenvalue weighted by molar-refractivity contribution is 5.54. The number of aromatic nitrogens is 3. The van der Waals surface area contributed by atoms with Crippen LogP contribution in [0.25, 0.3) is 11.5 Å². The largest absolute Gasteiger partial charge is 0.384 e. The first kappa shape index (κ1) is 12.1. The molecular formula is C16H14N4O. The number of pyridine rings is 1. The van der Waals surface area contributed by atoms with Crippen LogP contribution in [0, 0.1) is 0 Å². The van der Waals surface area contributed by atoms with Crippen LogP contribution in [0.5, 0.6) is 0 Å². The number of anilines is 1. The third-order valence-corrected chi connectivity index (χ3v) is 3.96. The first-order valence-corrected chi connectivity index (χ1v) is 6.90. The Kier molecular flexibility index (Phi) is 2.54. The fourth-order valence-corrected chi connectivity index (χ4v) is 2.59. The van der Waals surface area contributed by atoms with Gasteiger partial charge in [0.1, 0.15) is 5.82 Å². The molecular weight excluding hydrogens is 264 g/mol. The quantitative estimate of drug-likeness (QED) is 0.797. The fourth-order valence-electron chi connectivity index (χ4n) is 2.59. The third kappa shape index (κ3) is 1.98. The molecule has 1 aliphatic carbocycles. The predicted molar refractivity (Wildman–Crippen MR) is 78.4 cm³/mol. The molecule has 0 atom stereocenters. The molecule has 1 aliphatic rings. The van der Waals surface area contributed by atoms with Crippen LogP contribution in [-0.2, 0) is 5.41 Å². The summed E-state index contributed by atoms with van der Waals surface area (Å²) in [7, 11) is 0. The number of rotatable bonds is 3. The highest BCUT2D eigenvalue weighted by atomic mass is 16.5. The van der Waals surface area contributed by atoms with Gasteiger partial charge in [0.2, 0.25) is 0 Å². The summed E-state index contributed by atoms with van der Waals surface area (Å²) in [6.45, 7) is 0. The molecule has 5 heteroatoms. The zero-order chi connectivity index (χ0) is 14.3. The Bertz CT molecular complexity index is 760. The predicted octanol–water partition coefficient (Wildman–Crippen LogP) is 2.79. The molecule has 1 saturated carbocycles. The minimum atomic E-state index is -0.0791. The average molecular weight is 278 g/mol. The monoisotopic (exact) mass is 278 g/mol. The Morgan fingerprint density at radius 3 is 2.52 bits per heavy atom. The highest BCUT2D eigenvalue weighted by Crippen LogP contribution is 2.52. The summed E-state index contributed by atoms with van der Waals surface area (Å²) in [5, 5.41) is 4.18. The van der Waals surface area contributed by atoms with Crippen molar-refractivity contribution in [2.45, 2.75) is 18.3 Å². The second-order valence-electron chi connectivity index (χ2n) is 5.34. The Morgan fingerprint density at radius 2 is 1.86 bits per heavy atom. The topological polar surface area (TPSA) is 77.8 Å². The minimum absolute atomic E-state index is 0.0791. The van der Waals surface area contributed by atoms with Crippen LogP contribution in [0.1, 0.15) is 24.2 Å². The summed E-state index contributed by atoms with van der Waals surface area (Å²) in [4.78, 5) is 8.61. The molecule has 1 aromatic carbocycles. The van der Waals surface area contributed by atoms with Gasteiger partial charge in [0.25, 0.3) is 5.89 Å². The van der Waals surface area contributed by atoms with Crippen molar-refractivity contribution in [3.05, 3.63) is 60.0 Å². The molecule has 3 aromatic rings. The average Bonchev–Trinajstić information content (AvgIpc) is 3.20. The van der Waals surface area contributed by atoms with Gasteiger partial charge in [-0.3, -0.25) is 0 Å². The van der Waals surface area contributed by atoms with Gasteiger partial charge in [-0.1, -0.05) is 35.5 Å². The van der Waals surface area contributed by atoms with Gasteiger partial charge in [-0.2, -0.15) is 4.98 Å². The number of nitrogens with zero attached hydrogens (tertiary/aromatic N) is 3. The van der Waals surface area contributed by atoms with Gasteiger partial charge in [0, 0.05) is 6.20 Å². The van der Waals surface area contributed by atoms with E-state index in [0.717, 1.165) is 24.2 Å². The van der Waals surface area contributed by atoms with Gasteiger partial charge in [-0.25, -0.2) is 4.98 Å². The van der Waals surface area contributed by atoms with Crippen LogP contribution in [-0.4, -0.2) is 15.1 Å². The van der Waals surface area contributed by atoms with Crippen LogP contribution in [0.2, 0.25) is 0 Å². The van der Waals surface area contributed by atoms with Crippen LogP contribution in [0.15, 0.2) is 53.2 Å². The molecule has 0 amide bonds. The normalized spacial score (nSPS) is 15.8. The van der Waals surface area contributed by atoms with Gasteiger partial charge in [0.15, 0.2) is 5.82 Å². The summed E-state index contributed by atoms with van der Waals surface area (Å²) in [6.07, 6.45) is 3.75. The maximum atomic E-state index is 5.59. The van der Waals surface area contributed by atoms with Crippen molar-refractivity contribution >= 4 is 5.82 Å². The standard InChI is InChI=1S/C16H14N4O/c17-13-7-6-11(10-18-13)14-19-15(20-21-14)16(8-9-16)12-4-2-1-3-5-12/h1-7,10H,8-9H2,(H2,17,18). The molecule has 0 aliphatic heterocycles. The fraction of sp³-hybridized carbons (Fsp3) is 0.188. The molecule has 2 aromatic heterocycles. The Labute approximate surface area is 121 Å². The van der Waals surface area contributed by atoms with Gasteiger partial charge in [-0.05, 0) is 30.5 Å². The summed E-state index contributed by atoms with van der Waals surface area (Å²) in [6, 6.07) is 13.9. The van der Waals surface area contributed by atoms with Crippen molar-refractivity contribution in [3.8, 4) is 11.5 Å². The van der Waals surface area contributed by atoms with Gasteiger partial charge in [-0.15, -0.1) is 0 Å². The highest BCUT2D eigenvalue weighted by Gasteiger charge is 2.49. The van der Waals surface area contributed by atoms with E-state index in [1.807, 2.05) is 24.3 Å². The van der Waals surface area contributed by atoms with Crippen molar-refractivity contribution in [1.82, 2.24) is 15.1 Å². The van der Waals surface area contributed by atoms with Gasteiger partial charge >= 0.3 is 0 Å². The van der Waals surface area contributed by atoms with Gasteiger partial charge in [0.05, 0.1) is 11.0 Å². The van der Waals surface area contributed by atoms with E-state index in [-0.39, 0.29) is 5.41 Å². The van der Waals surface area contributed by atoms with E-state index in [1.165, 1.54) is 5.56 Å². The number of hydrogen-bond acceptors (Lipinski definition) is 5. The molecule has 2 N–H and O–H groups in total. The van der Waals surface area contributed by atoms with Crippen molar-refractivity contribution < 1.29 is 4.52 Å². The number of nitrogens with two attached hydrogens (primary N) is 1. The smallest absolute Gasteiger partial charge is 0.259 e. The Balaban J connectivity index is 1.70. The molecule has 21 heavy (non-hydrogen) atoms. The van der Waals surface area contributed by atoms with E-state index in [4.69, 9.17) is 10.3 Å². The SMILES string of the molecule is Nc1ccc(-c2nc(C3(c4ccccc4)CC3)no2)cn1. The molecule has 0 bridgehead atoms. The lowest BCUT2D eigenvalue weighted by molar-refractivity contribution is 0.417. The summed E-state index contributed by atoms with van der Waals surface area (Å²) in [5.41, 5.74) is 7.54. The van der Waals surface area contributed by atoms with Crippen molar-refractivity contribution in [3.63, 3.8) is 0 Å². The molecule has 2 heterocycles.